The van der Waals surface area contributed by atoms with Crippen molar-refractivity contribution >= 4 is 16.8 Å². The van der Waals surface area contributed by atoms with Crippen LogP contribution < -0.4 is 0 Å². The predicted molar refractivity (Wildman–Crippen MR) is 94.4 cm³/mol. The smallest absolute Gasteiger partial charge is 0.254 e. The molecule has 1 amide bonds. The van der Waals surface area contributed by atoms with Crippen molar-refractivity contribution in [3.8, 4) is 11.3 Å². The van der Waals surface area contributed by atoms with E-state index in [4.69, 9.17) is 4.98 Å². The van der Waals surface area contributed by atoms with Crippen LogP contribution in [-0.2, 0) is 0 Å². The van der Waals surface area contributed by atoms with E-state index in [1.807, 2.05) is 79.4 Å². The quantitative estimate of drug-likeness (QED) is 0.716. The van der Waals surface area contributed by atoms with Crippen molar-refractivity contribution in [2.45, 2.75) is 13.8 Å². The molecule has 2 aromatic carbocycles. The fourth-order valence-corrected chi connectivity index (χ4v) is 2.79. The van der Waals surface area contributed by atoms with Crippen LogP contribution in [0.1, 0.15) is 24.2 Å². The van der Waals surface area contributed by atoms with Crippen LogP contribution in [0.15, 0.2) is 60.7 Å². The molecule has 1 heterocycles. The highest BCUT2D eigenvalue weighted by Crippen LogP contribution is 2.25. The molecule has 3 aromatic rings. The molecule has 0 radical (unpaired) electrons. The first-order chi connectivity index (χ1) is 11.2. The van der Waals surface area contributed by atoms with E-state index in [2.05, 4.69) is 0 Å². The first kappa shape index (κ1) is 15.2. The number of carbonyl (C=O) groups is 1. The highest BCUT2D eigenvalue weighted by molar-refractivity contribution is 6.07. The zero-order valence-corrected chi connectivity index (χ0v) is 13.5. The van der Waals surface area contributed by atoms with Crippen molar-refractivity contribution in [2.75, 3.05) is 13.1 Å². The van der Waals surface area contributed by atoms with E-state index < -0.39 is 0 Å². The van der Waals surface area contributed by atoms with Gasteiger partial charge in [-0.05, 0) is 26.0 Å². The monoisotopic (exact) mass is 304 g/mol. The molecule has 3 nitrogen and oxygen atoms in total. The number of fused-ring (bicyclic) bond motifs is 1. The van der Waals surface area contributed by atoms with E-state index in [0.717, 1.165) is 27.7 Å². The molecule has 3 heteroatoms. The van der Waals surface area contributed by atoms with E-state index in [-0.39, 0.29) is 5.91 Å². The van der Waals surface area contributed by atoms with Crippen LogP contribution in [0.2, 0.25) is 0 Å². The largest absolute Gasteiger partial charge is 0.339 e. The highest BCUT2D eigenvalue weighted by atomic mass is 16.2. The summed E-state index contributed by atoms with van der Waals surface area (Å²) in [5.74, 6) is 0.0609. The number of pyridine rings is 1. The van der Waals surface area contributed by atoms with Gasteiger partial charge in [-0.25, -0.2) is 4.98 Å². The molecule has 0 saturated carbocycles. The summed E-state index contributed by atoms with van der Waals surface area (Å²) in [6.07, 6.45) is 0. The van der Waals surface area contributed by atoms with E-state index >= 15 is 0 Å². The molecule has 23 heavy (non-hydrogen) atoms. The van der Waals surface area contributed by atoms with Gasteiger partial charge in [0.15, 0.2) is 0 Å². The third-order valence-electron chi connectivity index (χ3n) is 4.07. The Morgan fingerprint density at radius 2 is 1.61 bits per heavy atom. The molecule has 0 N–H and O–H groups in total. The Morgan fingerprint density at radius 1 is 0.957 bits per heavy atom. The van der Waals surface area contributed by atoms with Gasteiger partial charge in [0.25, 0.3) is 5.91 Å². The minimum absolute atomic E-state index is 0.0609. The van der Waals surface area contributed by atoms with Crippen molar-refractivity contribution in [3.05, 3.63) is 66.2 Å². The molecule has 0 saturated heterocycles. The van der Waals surface area contributed by atoms with Crippen molar-refractivity contribution in [1.29, 1.82) is 0 Å². The Kier molecular flexibility index (Phi) is 4.38. The van der Waals surface area contributed by atoms with Crippen LogP contribution >= 0.6 is 0 Å². The average Bonchev–Trinajstić information content (AvgIpc) is 2.62. The lowest BCUT2D eigenvalue weighted by Crippen LogP contribution is -2.30. The fourth-order valence-electron chi connectivity index (χ4n) is 2.79. The third-order valence-corrected chi connectivity index (χ3v) is 4.07. The van der Waals surface area contributed by atoms with Crippen molar-refractivity contribution in [1.82, 2.24) is 9.88 Å². The maximum atomic E-state index is 12.9. The summed E-state index contributed by atoms with van der Waals surface area (Å²) in [5, 5.41) is 0.907. The molecule has 0 aliphatic heterocycles. The minimum atomic E-state index is 0.0609. The molecule has 0 bridgehead atoms. The molecule has 0 unspecified atom stereocenters. The van der Waals surface area contributed by atoms with Crippen LogP contribution in [0.4, 0.5) is 0 Å². The molecule has 0 atom stereocenters. The minimum Gasteiger partial charge on any atom is -0.339 e. The summed E-state index contributed by atoms with van der Waals surface area (Å²) in [6, 6.07) is 19.7. The lowest BCUT2D eigenvalue weighted by Gasteiger charge is -2.20. The number of hydrogen-bond donors (Lipinski definition) is 0. The topological polar surface area (TPSA) is 33.2 Å². The molecule has 116 valence electrons. The Hall–Kier alpha value is -2.68. The van der Waals surface area contributed by atoms with E-state index in [1.54, 1.807) is 0 Å². The molecule has 3 rings (SSSR count). The third kappa shape index (κ3) is 2.95. The van der Waals surface area contributed by atoms with Gasteiger partial charge in [-0.2, -0.15) is 0 Å². The van der Waals surface area contributed by atoms with Crippen LogP contribution in [0, 0.1) is 0 Å². The van der Waals surface area contributed by atoms with Gasteiger partial charge in [-0.15, -0.1) is 0 Å². The van der Waals surface area contributed by atoms with E-state index in [1.165, 1.54) is 0 Å². The lowest BCUT2D eigenvalue weighted by molar-refractivity contribution is 0.0775. The van der Waals surface area contributed by atoms with Crippen LogP contribution in [0.25, 0.3) is 22.2 Å². The first-order valence-electron chi connectivity index (χ1n) is 7.99. The summed E-state index contributed by atoms with van der Waals surface area (Å²) < 4.78 is 0. The van der Waals surface area contributed by atoms with Crippen LogP contribution in [-0.4, -0.2) is 28.9 Å². The second-order valence-corrected chi connectivity index (χ2v) is 5.42. The Morgan fingerprint density at radius 3 is 2.30 bits per heavy atom. The van der Waals surface area contributed by atoms with Crippen LogP contribution in [0.3, 0.4) is 0 Å². The Bertz CT molecular complexity index is 823. The predicted octanol–water partition coefficient (Wildman–Crippen LogP) is 4.38. The average molecular weight is 304 g/mol. The molecule has 0 fully saturated rings. The Labute approximate surface area is 136 Å². The maximum Gasteiger partial charge on any atom is 0.254 e. The number of rotatable bonds is 4. The number of benzene rings is 2. The van der Waals surface area contributed by atoms with E-state index in [9.17, 15) is 4.79 Å². The molecule has 0 spiro atoms. The lowest BCUT2D eigenvalue weighted by atomic mass is 10.0. The summed E-state index contributed by atoms with van der Waals surface area (Å²) in [7, 11) is 0. The van der Waals surface area contributed by atoms with Gasteiger partial charge in [0, 0.05) is 24.0 Å². The van der Waals surface area contributed by atoms with Crippen molar-refractivity contribution in [2.24, 2.45) is 0 Å². The molecule has 0 aliphatic carbocycles. The molecule has 0 aliphatic rings. The molecular formula is C20H20N2O. The molecule has 1 aromatic heterocycles. The number of hydrogen-bond acceptors (Lipinski definition) is 2. The normalized spacial score (nSPS) is 10.7. The van der Waals surface area contributed by atoms with Crippen molar-refractivity contribution in [3.63, 3.8) is 0 Å². The van der Waals surface area contributed by atoms with Gasteiger partial charge in [0.05, 0.1) is 16.8 Å². The SMILES string of the molecule is CCN(CC)C(=O)c1cc(-c2ccccc2)nc2ccccc12. The summed E-state index contributed by atoms with van der Waals surface area (Å²) >= 11 is 0. The first-order valence-corrected chi connectivity index (χ1v) is 7.99. The number of para-hydroxylation sites is 1. The van der Waals surface area contributed by atoms with Gasteiger partial charge >= 0.3 is 0 Å². The summed E-state index contributed by atoms with van der Waals surface area (Å²) in [6.45, 7) is 5.41. The highest BCUT2D eigenvalue weighted by Gasteiger charge is 2.17. The summed E-state index contributed by atoms with van der Waals surface area (Å²) in [5.41, 5.74) is 3.43. The maximum absolute atomic E-state index is 12.9. The molecular weight excluding hydrogens is 284 g/mol. The second kappa shape index (κ2) is 6.61. The van der Waals surface area contributed by atoms with E-state index in [0.29, 0.717) is 13.1 Å². The number of aromatic nitrogens is 1. The standard InChI is InChI=1S/C20H20N2O/c1-3-22(4-2)20(23)17-14-19(15-10-6-5-7-11-15)21-18-13-9-8-12-16(17)18/h5-14H,3-4H2,1-2H3. The van der Waals surface area contributed by atoms with Gasteiger partial charge in [-0.1, -0.05) is 48.5 Å². The second-order valence-electron chi connectivity index (χ2n) is 5.42. The fraction of sp³-hybridized carbons (Fsp3) is 0.200. The van der Waals surface area contributed by atoms with Gasteiger partial charge in [0.1, 0.15) is 0 Å². The number of carbonyl (C=O) groups excluding carboxylic acids is 1. The van der Waals surface area contributed by atoms with Gasteiger partial charge in [-0.3, -0.25) is 4.79 Å². The zero-order valence-electron chi connectivity index (χ0n) is 13.5. The summed E-state index contributed by atoms with van der Waals surface area (Å²) in [4.78, 5) is 19.5. The zero-order chi connectivity index (χ0) is 16.2. The van der Waals surface area contributed by atoms with Crippen molar-refractivity contribution < 1.29 is 4.79 Å². The van der Waals surface area contributed by atoms with Crippen LogP contribution in [0.5, 0.6) is 0 Å². The number of nitrogens with zero attached hydrogens (tertiary/aromatic N) is 2. The Balaban J connectivity index is 2.21. The van der Waals surface area contributed by atoms with Gasteiger partial charge in [0.2, 0.25) is 0 Å². The number of amides is 1. The van der Waals surface area contributed by atoms with Gasteiger partial charge < -0.3 is 4.90 Å².